The van der Waals surface area contributed by atoms with Crippen LogP contribution in [0.2, 0.25) is 0 Å². The Kier molecular flexibility index (Phi) is 7.35. The predicted molar refractivity (Wildman–Crippen MR) is 151 cm³/mol. The first kappa shape index (κ1) is 27.0. The van der Waals surface area contributed by atoms with Gasteiger partial charge in [0.1, 0.15) is 5.69 Å². The number of hydrogen-bond donors (Lipinski definition) is 2. The molecule has 4 rings (SSSR count). The van der Waals surface area contributed by atoms with Crippen LogP contribution in [0.5, 0.6) is 0 Å². The maximum absolute atomic E-state index is 13.6. The number of allylic oxidation sites excluding steroid dienone is 1. The molecule has 2 atom stereocenters. The van der Waals surface area contributed by atoms with Crippen molar-refractivity contribution in [3.05, 3.63) is 102 Å². The van der Waals surface area contributed by atoms with Crippen LogP contribution in [0.3, 0.4) is 0 Å². The van der Waals surface area contributed by atoms with Crippen LogP contribution in [0.4, 0.5) is 5.69 Å². The van der Waals surface area contributed by atoms with Crippen LogP contribution in [0.15, 0.2) is 88.9 Å². The fourth-order valence-corrected chi connectivity index (χ4v) is 5.66. The third-order valence-electron chi connectivity index (χ3n) is 6.09. The highest BCUT2D eigenvalue weighted by molar-refractivity contribution is 7.93. The zero-order valence-electron chi connectivity index (χ0n) is 22.1. The number of anilines is 1. The van der Waals surface area contributed by atoms with Crippen LogP contribution in [0, 0.1) is 6.92 Å². The molecule has 38 heavy (non-hydrogen) atoms. The smallest absolute Gasteiger partial charge is 0.273 e. The number of carbonyl (C=O) groups excluding carboxylic acids is 1. The topological polar surface area (TPSA) is 109 Å². The average Bonchev–Trinajstić information content (AvgIpc) is 3.21. The molecular formula is C29H31N5O3S. The van der Waals surface area contributed by atoms with Crippen LogP contribution in [-0.4, -0.2) is 36.2 Å². The van der Waals surface area contributed by atoms with Gasteiger partial charge in [-0.2, -0.15) is 9.46 Å². The second-order valence-corrected chi connectivity index (χ2v) is 11.8. The molecule has 2 N–H and O–H groups in total. The fourth-order valence-electron chi connectivity index (χ4n) is 4.09. The van der Waals surface area contributed by atoms with Crippen molar-refractivity contribution in [2.75, 3.05) is 11.6 Å². The number of aromatic nitrogens is 3. The summed E-state index contributed by atoms with van der Waals surface area (Å²) in [5, 5.41) is 18.4. The van der Waals surface area contributed by atoms with Gasteiger partial charge in [-0.3, -0.25) is 14.5 Å². The summed E-state index contributed by atoms with van der Waals surface area (Å²) in [4.78, 5) is 17.5. The van der Waals surface area contributed by atoms with Gasteiger partial charge < -0.3 is 10.4 Å². The predicted octanol–water partition coefficient (Wildman–Crippen LogP) is 5.40. The fraction of sp³-hybridized carbons (Fsp3) is 0.207. The van der Waals surface area contributed by atoms with E-state index in [4.69, 9.17) is 0 Å². The Morgan fingerprint density at radius 2 is 1.84 bits per heavy atom. The van der Waals surface area contributed by atoms with Crippen molar-refractivity contribution in [3.63, 3.8) is 0 Å². The van der Waals surface area contributed by atoms with Crippen LogP contribution in [0.1, 0.15) is 41.2 Å². The third-order valence-corrected chi connectivity index (χ3v) is 7.92. The molecule has 0 saturated carbocycles. The van der Waals surface area contributed by atoms with Gasteiger partial charge in [-0.25, -0.2) is 4.21 Å². The van der Waals surface area contributed by atoms with Gasteiger partial charge in [0.05, 0.1) is 15.4 Å². The van der Waals surface area contributed by atoms with Gasteiger partial charge >= 0.3 is 0 Å². The lowest BCUT2D eigenvalue weighted by Crippen LogP contribution is -2.21. The number of carbonyl (C=O) groups is 1. The quantitative estimate of drug-likeness (QED) is 0.333. The molecule has 0 radical (unpaired) electrons. The second kappa shape index (κ2) is 10.4. The molecule has 2 aromatic heterocycles. The first-order chi connectivity index (χ1) is 17.9. The van der Waals surface area contributed by atoms with Crippen molar-refractivity contribution in [1.82, 2.24) is 14.8 Å². The molecule has 4 aromatic rings. The lowest BCUT2D eigenvalue weighted by Gasteiger charge is -2.21. The third kappa shape index (κ3) is 5.90. The van der Waals surface area contributed by atoms with Crippen molar-refractivity contribution < 1.29 is 14.1 Å². The maximum Gasteiger partial charge on any atom is 0.273 e. The highest BCUT2D eigenvalue weighted by Crippen LogP contribution is 2.30. The number of benzene rings is 2. The molecule has 0 saturated heterocycles. The Bertz CT molecular complexity index is 1660. The standard InChI is InChI=1S/C29H31N5O3S/c1-19(2)21-9-8-12-26(16-21)38(6,37)33-29(4,36)24-14-23(17-30-18-24)22-10-7-11-25(15-22)31-28(35)27-13-20(3)32-34(27)5/h7-18,36H,1H2,2-6H3,(H,31,35). The summed E-state index contributed by atoms with van der Waals surface area (Å²) in [5.41, 5.74) is 3.62. The van der Waals surface area contributed by atoms with E-state index in [1.54, 1.807) is 49.6 Å². The summed E-state index contributed by atoms with van der Waals surface area (Å²) in [6.07, 6.45) is 4.67. The van der Waals surface area contributed by atoms with Crippen molar-refractivity contribution in [3.8, 4) is 11.1 Å². The van der Waals surface area contributed by atoms with Gasteiger partial charge in [-0.1, -0.05) is 36.4 Å². The largest absolute Gasteiger partial charge is 0.365 e. The van der Waals surface area contributed by atoms with Gasteiger partial charge in [0.25, 0.3) is 5.91 Å². The normalized spacial score (nSPS) is 14.3. The van der Waals surface area contributed by atoms with Crippen LogP contribution < -0.4 is 5.32 Å². The van der Waals surface area contributed by atoms with Gasteiger partial charge in [0.2, 0.25) is 0 Å². The zero-order valence-corrected chi connectivity index (χ0v) is 22.9. The summed E-state index contributed by atoms with van der Waals surface area (Å²) in [7, 11) is -1.23. The maximum atomic E-state index is 13.6. The first-order valence-electron chi connectivity index (χ1n) is 12.0. The second-order valence-electron chi connectivity index (χ2n) is 9.51. The van der Waals surface area contributed by atoms with Gasteiger partial charge in [-0.15, -0.1) is 0 Å². The summed E-state index contributed by atoms with van der Waals surface area (Å²) >= 11 is 0. The Labute approximate surface area is 223 Å². The summed E-state index contributed by atoms with van der Waals surface area (Å²) in [6, 6.07) is 18.0. The van der Waals surface area contributed by atoms with E-state index in [0.717, 1.165) is 22.4 Å². The monoisotopic (exact) mass is 529 g/mol. The van der Waals surface area contributed by atoms with Crippen molar-refractivity contribution >= 4 is 26.9 Å². The van der Waals surface area contributed by atoms with E-state index < -0.39 is 15.5 Å². The number of nitrogens with one attached hydrogen (secondary N) is 1. The molecule has 8 nitrogen and oxygen atoms in total. The molecule has 0 spiro atoms. The molecule has 2 unspecified atom stereocenters. The Morgan fingerprint density at radius 3 is 2.53 bits per heavy atom. The molecule has 0 bridgehead atoms. The lowest BCUT2D eigenvalue weighted by molar-refractivity contribution is 0.0693. The number of aryl methyl sites for hydroxylation is 2. The van der Waals surface area contributed by atoms with Crippen LogP contribution >= 0.6 is 0 Å². The van der Waals surface area contributed by atoms with Crippen molar-refractivity contribution in [2.24, 2.45) is 11.4 Å². The number of pyridine rings is 1. The van der Waals surface area contributed by atoms with Gasteiger partial charge in [0.15, 0.2) is 5.72 Å². The molecule has 0 aliphatic rings. The van der Waals surface area contributed by atoms with E-state index in [1.165, 1.54) is 24.1 Å². The van der Waals surface area contributed by atoms with Gasteiger partial charge in [-0.05, 0) is 68.3 Å². The number of rotatable bonds is 7. The Morgan fingerprint density at radius 1 is 1.11 bits per heavy atom. The van der Waals surface area contributed by atoms with E-state index in [2.05, 4.69) is 26.3 Å². The van der Waals surface area contributed by atoms with Gasteiger partial charge in [0, 0.05) is 47.4 Å². The van der Waals surface area contributed by atoms with E-state index in [1.807, 2.05) is 38.1 Å². The highest BCUT2D eigenvalue weighted by Gasteiger charge is 2.26. The van der Waals surface area contributed by atoms with E-state index in [0.29, 0.717) is 27.4 Å². The molecule has 0 aliphatic carbocycles. The van der Waals surface area contributed by atoms with Crippen LogP contribution in [-0.2, 0) is 22.5 Å². The minimum atomic E-state index is -2.95. The Hall–Kier alpha value is -4.08. The van der Waals surface area contributed by atoms with E-state index in [9.17, 15) is 14.1 Å². The van der Waals surface area contributed by atoms with Crippen molar-refractivity contribution in [2.45, 2.75) is 31.4 Å². The zero-order chi connectivity index (χ0) is 27.7. The molecule has 1 amide bonds. The molecule has 0 fully saturated rings. The molecule has 2 heterocycles. The van der Waals surface area contributed by atoms with E-state index >= 15 is 0 Å². The lowest BCUT2D eigenvalue weighted by atomic mass is 10.0. The number of aliphatic hydroxyl groups is 1. The van der Waals surface area contributed by atoms with Crippen molar-refractivity contribution in [1.29, 1.82) is 0 Å². The van der Waals surface area contributed by atoms with Crippen LogP contribution in [0.25, 0.3) is 16.7 Å². The average molecular weight is 530 g/mol. The Balaban J connectivity index is 1.64. The summed E-state index contributed by atoms with van der Waals surface area (Å²) < 4.78 is 19.5. The summed E-state index contributed by atoms with van der Waals surface area (Å²) in [5.74, 6) is -0.271. The highest BCUT2D eigenvalue weighted by atomic mass is 32.2. The molecule has 9 heteroatoms. The van der Waals surface area contributed by atoms with E-state index in [-0.39, 0.29) is 5.91 Å². The first-order valence-corrected chi connectivity index (χ1v) is 13.9. The molecule has 196 valence electrons. The number of amides is 1. The summed E-state index contributed by atoms with van der Waals surface area (Å²) in [6.45, 7) is 9.14. The SMILES string of the molecule is C=C(C)c1cccc(S(C)(=O)=NC(C)(O)c2cncc(-c3cccc(NC(=O)c4cc(C)nn4C)c3)c2)c1. The molecule has 2 aromatic carbocycles. The number of nitrogens with zero attached hydrogens (tertiary/aromatic N) is 4. The molecule has 0 aliphatic heterocycles. The minimum absolute atomic E-state index is 0.271. The minimum Gasteiger partial charge on any atom is -0.365 e. The molecular weight excluding hydrogens is 498 g/mol. The number of hydrogen-bond acceptors (Lipinski definition) is 6.